The number of rotatable bonds is 7. The summed E-state index contributed by atoms with van der Waals surface area (Å²) in [4.78, 5) is 9.42. The molecule has 4 aromatic rings. The summed E-state index contributed by atoms with van der Waals surface area (Å²) in [7, 11) is 1.67. The number of nitrogens with zero attached hydrogens (tertiary/aromatic N) is 3. The van der Waals surface area contributed by atoms with Crippen LogP contribution in [0.3, 0.4) is 0 Å². The Morgan fingerprint density at radius 3 is 2.79 bits per heavy atom. The molecule has 6 heteroatoms. The summed E-state index contributed by atoms with van der Waals surface area (Å²) in [5, 5.41) is 8.67. The quantitative estimate of drug-likeness (QED) is 0.471. The first-order valence-corrected chi connectivity index (χ1v) is 9.77. The number of fused-ring (bicyclic) bond motifs is 1. The fourth-order valence-corrected chi connectivity index (χ4v) is 3.23. The van der Waals surface area contributed by atoms with E-state index in [2.05, 4.69) is 53.6 Å². The zero-order valence-electron chi connectivity index (χ0n) is 16.9. The van der Waals surface area contributed by atoms with Gasteiger partial charge in [-0.05, 0) is 48.7 Å². The highest BCUT2D eigenvalue weighted by Gasteiger charge is 2.15. The molecule has 0 aliphatic carbocycles. The van der Waals surface area contributed by atoms with Crippen LogP contribution in [-0.2, 0) is 13.0 Å². The molecule has 2 aromatic heterocycles. The summed E-state index contributed by atoms with van der Waals surface area (Å²) in [5.41, 5.74) is 4.03. The van der Waals surface area contributed by atoms with Crippen LogP contribution in [-0.4, -0.2) is 22.2 Å². The molecule has 0 amide bonds. The smallest absolute Gasteiger partial charge is 0.226 e. The van der Waals surface area contributed by atoms with Gasteiger partial charge in [0.15, 0.2) is 0 Å². The maximum Gasteiger partial charge on any atom is 0.226 e. The average molecular weight is 388 g/mol. The Labute approximate surface area is 169 Å². The lowest BCUT2D eigenvalue weighted by atomic mass is 10.1. The number of nitrogens with one attached hydrogen (secondary N) is 1. The summed E-state index contributed by atoms with van der Waals surface area (Å²) in [6.07, 6.45) is 1.72. The van der Waals surface area contributed by atoms with Crippen molar-refractivity contribution in [1.29, 1.82) is 0 Å². The molecule has 1 N–H and O–H groups in total. The van der Waals surface area contributed by atoms with E-state index in [0.717, 1.165) is 46.4 Å². The van der Waals surface area contributed by atoms with Gasteiger partial charge in [-0.2, -0.15) is 4.98 Å². The van der Waals surface area contributed by atoms with Gasteiger partial charge in [0, 0.05) is 18.4 Å². The highest BCUT2D eigenvalue weighted by atomic mass is 16.5. The molecule has 0 saturated carbocycles. The zero-order chi connectivity index (χ0) is 20.2. The van der Waals surface area contributed by atoms with Crippen LogP contribution >= 0.6 is 0 Å². The molecule has 2 aromatic carbocycles. The summed E-state index contributed by atoms with van der Waals surface area (Å²) in [5.74, 6) is 2.76. The number of methoxy groups -OCH3 is 1. The average Bonchev–Trinajstić information content (AvgIpc) is 3.20. The van der Waals surface area contributed by atoms with Crippen molar-refractivity contribution in [1.82, 2.24) is 15.1 Å². The van der Waals surface area contributed by atoms with E-state index in [9.17, 15) is 0 Å². The lowest BCUT2D eigenvalue weighted by Gasteiger charge is -2.12. The van der Waals surface area contributed by atoms with Crippen molar-refractivity contribution in [3.63, 3.8) is 0 Å². The molecule has 0 aliphatic rings. The Morgan fingerprint density at radius 2 is 1.97 bits per heavy atom. The number of hydrogen-bond acceptors (Lipinski definition) is 6. The summed E-state index contributed by atoms with van der Waals surface area (Å²) < 4.78 is 10.7. The van der Waals surface area contributed by atoms with Crippen LogP contribution in [0.4, 0.5) is 5.82 Å². The summed E-state index contributed by atoms with van der Waals surface area (Å²) in [6.45, 7) is 4.76. The fourth-order valence-electron chi connectivity index (χ4n) is 3.23. The van der Waals surface area contributed by atoms with E-state index in [1.165, 1.54) is 5.56 Å². The van der Waals surface area contributed by atoms with Gasteiger partial charge in [-0.25, -0.2) is 4.98 Å². The van der Waals surface area contributed by atoms with Gasteiger partial charge in [-0.15, -0.1) is 0 Å². The third kappa shape index (κ3) is 4.21. The second kappa shape index (κ2) is 8.31. The topological polar surface area (TPSA) is 73.1 Å². The van der Waals surface area contributed by atoms with Crippen LogP contribution in [0.5, 0.6) is 5.75 Å². The maximum absolute atomic E-state index is 5.41. The van der Waals surface area contributed by atoms with E-state index < -0.39 is 0 Å². The van der Waals surface area contributed by atoms with Crippen LogP contribution in [0, 0.1) is 6.92 Å². The zero-order valence-corrected chi connectivity index (χ0v) is 16.9. The van der Waals surface area contributed by atoms with Crippen molar-refractivity contribution in [3.05, 3.63) is 65.5 Å². The minimum absolute atomic E-state index is 0.552. The van der Waals surface area contributed by atoms with E-state index in [-0.39, 0.29) is 0 Å². The number of anilines is 1. The number of benzene rings is 2. The first kappa shape index (κ1) is 18.9. The first-order valence-electron chi connectivity index (χ1n) is 9.77. The van der Waals surface area contributed by atoms with Crippen LogP contribution in [0.2, 0.25) is 0 Å². The van der Waals surface area contributed by atoms with Crippen LogP contribution in [0.15, 0.2) is 53.1 Å². The molecule has 0 atom stereocenters. The molecule has 0 aliphatic heterocycles. The second-order valence-corrected chi connectivity index (χ2v) is 7.05. The molecule has 0 radical (unpaired) electrons. The molecule has 4 rings (SSSR count). The first-order chi connectivity index (χ1) is 14.2. The van der Waals surface area contributed by atoms with Gasteiger partial charge in [0.2, 0.25) is 11.7 Å². The van der Waals surface area contributed by atoms with Crippen LogP contribution in [0.1, 0.15) is 30.4 Å². The maximum atomic E-state index is 5.41. The molecule has 29 heavy (non-hydrogen) atoms. The molecule has 2 heterocycles. The molecule has 148 valence electrons. The minimum atomic E-state index is 0.552. The Kier molecular flexibility index (Phi) is 5.42. The highest BCUT2D eigenvalue weighted by Crippen LogP contribution is 2.29. The molecule has 0 unspecified atom stereocenters. The predicted molar refractivity (Wildman–Crippen MR) is 114 cm³/mol. The monoisotopic (exact) mass is 388 g/mol. The molecule has 0 saturated heterocycles. The fraction of sp³-hybridized carbons (Fsp3) is 0.261. The Morgan fingerprint density at radius 1 is 1.07 bits per heavy atom. The van der Waals surface area contributed by atoms with E-state index in [0.29, 0.717) is 18.3 Å². The van der Waals surface area contributed by atoms with Gasteiger partial charge in [-0.1, -0.05) is 36.3 Å². The predicted octanol–water partition coefficient (Wildman–Crippen LogP) is 5.17. The van der Waals surface area contributed by atoms with E-state index >= 15 is 0 Å². The highest BCUT2D eigenvalue weighted by molar-refractivity contribution is 5.88. The number of ether oxygens (including phenoxy) is 1. The second-order valence-electron chi connectivity index (χ2n) is 7.05. The van der Waals surface area contributed by atoms with Gasteiger partial charge < -0.3 is 14.6 Å². The van der Waals surface area contributed by atoms with Crippen molar-refractivity contribution >= 4 is 16.7 Å². The number of aryl methyl sites for hydroxylation is 2. The Hall–Kier alpha value is -3.41. The third-order valence-corrected chi connectivity index (χ3v) is 4.74. The summed E-state index contributed by atoms with van der Waals surface area (Å²) in [6, 6.07) is 16.3. The third-order valence-electron chi connectivity index (χ3n) is 4.74. The Bertz CT molecular complexity index is 1140. The lowest BCUT2D eigenvalue weighted by Crippen LogP contribution is -2.04. The summed E-state index contributed by atoms with van der Waals surface area (Å²) >= 11 is 0. The van der Waals surface area contributed by atoms with Gasteiger partial charge in [0.1, 0.15) is 11.6 Å². The number of aromatic nitrogens is 3. The molecule has 0 spiro atoms. The van der Waals surface area contributed by atoms with Gasteiger partial charge >= 0.3 is 0 Å². The van der Waals surface area contributed by atoms with Gasteiger partial charge in [0.05, 0.1) is 18.2 Å². The van der Waals surface area contributed by atoms with Crippen LogP contribution in [0.25, 0.3) is 22.3 Å². The molecule has 0 bridgehead atoms. The normalized spacial score (nSPS) is 11.0. The molecule has 6 nitrogen and oxygen atoms in total. The van der Waals surface area contributed by atoms with Gasteiger partial charge in [0.25, 0.3) is 0 Å². The van der Waals surface area contributed by atoms with Crippen molar-refractivity contribution in [3.8, 4) is 17.1 Å². The van der Waals surface area contributed by atoms with Crippen LogP contribution < -0.4 is 10.1 Å². The minimum Gasteiger partial charge on any atom is -0.497 e. The lowest BCUT2D eigenvalue weighted by molar-refractivity contribution is 0.378. The Balaban J connectivity index is 1.72. The van der Waals surface area contributed by atoms with Crippen molar-refractivity contribution in [2.75, 3.05) is 12.4 Å². The molecular weight excluding hydrogens is 364 g/mol. The van der Waals surface area contributed by atoms with E-state index in [4.69, 9.17) is 14.2 Å². The number of hydrogen-bond donors (Lipinski definition) is 1. The molecular formula is C23H24N4O2. The van der Waals surface area contributed by atoms with E-state index in [1.807, 2.05) is 24.3 Å². The van der Waals surface area contributed by atoms with E-state index in [1.54, 1.807) is 7.11 Å². The number of pyridine rings is 1. The largest absolute Gasteiger partial charge is 0.497 e. The van der Waals surface area contributed by atoms with Crippen molar-refractivity contribution in [2.45, 2.75) is 33.2 Å². The molecule has 0 fully saturated rings. The van der Waals surface area contributed by atoms with Gasteiger partial charge in [-0.3, -0.25) is 0 Å². The SMILES string of the molecule is CCCc1nc(-c2cc3ccc(C)cc3nc2NCc2cccc(OC)c2)no1. The van der Waals surface area contributed by atoms with Crippen molar-refractivity contribution in [2.24, 2.45) is 0 Å². The standard InChI is InChI=1S/C23H24N4O2/c1-4-6-21-26-23(27-29-21)19-13-17-10-9-15(2)11-20(17)25-22(19)24-14-16-7-5-8-18(12-16)28-3/h5,7-13H,4,6,14H2,1-3H3,(H,24,25). The van der Waals surface area contributed by atoms with Crippen molar-refractivity contribution < 1.29 is 9.26 Å².